The molecular formula is C26H29BrN4O. The summed E-state index contributed by atoms with van der Waals surface area (Å²) in [6, 6.07) is 11.9. The molecule has 6 heteroatoms. The smallest absolute Gasteiger partial charge is 0.252 e. The number of hydrogen-bond donors (Lipinski definition) is 1. The first-order valence-corrected chi connectivity index (χ1v) is 11.8. The van der Waals surface area contributed by atoms with Crippen LogP contribution in [0.2, 0.25) is 0 Å². The Morgan fingerprint density at radius 1 is 1.28 bits per heavy atom. The molecule has 1 saturated heterocycles. The van der Waals surface area contributed by atoms with Gasteiger partial charge in [-0.3, -0.25) is 9.78 Å². The summed E-state index contributed by atoms with van der Waals surface area (Å²) in [4.78, 5) is 24.6. The summed E-state index contributed by atoms with van der Waals surface area (Å²) in [5.41, 5.74) is 3.32. The van der Waals surface area contributed by atoms with Gasteiger partial charge in [-0.15, -0.1) is 0 Å². The Morgan fingerprint density at radius 2 is 2.12 bits per heavy atom. The zero-order valence-electron chi connectivity index (χ0n) is 18.8. The first-order chi connectivity index (χ1) is 15.3. The molecule has 3 heterocycles. The van der Waals surface area contributed by atoms with E-state index in [2.05, 4.69) is 52.0 Å². The molecular weight excluding hydrogens is 464 g/mol. The van der Waals surface area contributed by atoms with Gasteiger partial charge in [-0.1, -0.05) is 41.9 Å². The quantitative estimate of drug-likeness (QED) is 0.516. The summed E-state index contributed by atoms with van der Waals surface area (Å²) < 4.78 is 0.924. The van der Waals surface area contributed by atoms with Gasteiger partial charge >= 0.3 is 0 Å². The molecule has 1 unspecified atom stereocenters. The highest BCUT2D eigenvalue weighted by Crippen LogP contribution is 2.34. The van der Waals surface area contributed by atoms with Crippen LogP contribution in [0.3, 0.4) is 0 Å². The van der Waals surface area contributed by atoms with Gasteiger partial charge in [0.25, 0.3) is 5.91 Å². The fraction of sp³-hybridized carbons (Fsp3) is 0.346. The topological polar surface area (TPSA) is 58.1 Å². The van der Waals surface area contributed by atoms with E-state index < -0.39 is 0 Å². The monoisotopic (exact) mass is 492 g/mol. The predicted octanol–water partition coefficient (Wildman–Crippen LogP) is 5.41. The van der Waals surface area contributed by atoms with Gasteiger partial charge in [-0.2, -0.15) is 0 Å². The zero-order valence-corrected chi connectivity index (χ0v) is 20.4. The number of hydrogen-bond acceptors (Lipinski definition) is 4. The predicted molar refractivity (Wildman–Crippen MR) is 134 cm³/mol. The Bertz CT molecular complexity index is 1140. The molecule has 1 aromatic carbocycles. The van der Waals surface area contributed by atoms with E-state index in [1.165, 1.54) is 12.8 Å². The third kappa shape index (κ3) is 5.08. The fourth-order valence-electron chi connectivity index (χ4n) is 4.57. The van der Waals surface area contributed by atoms with Gasteiger partial charge < -0.3 is 10.2 Å². The Labute approximate surface area is 198 Å². The van der Waals surface area contributed by atoms with Gasteiger partial charge in [0.2, 0.25) is 0 Å². The number of aromatic nitrogens is 2. The first-order valence-electron chi connectivity index (χ1n) is 11.0. The van der Waals surface area contributed by atoms with Crippen molar-refractivity contribution >= 4 is 44.9 Å². The molecule has 1 atom stereocenters. The third-order valence-electron chi connectivity index (χ3n) is 6.39. The molecule has 3 aromatic rings. The van der Waals surface area contributed by atoms with Crippen molar-refractivity contribution in [2.75, 3.05) is 20.1 Å². The van der Waals surface area contributed by atoms with Crippen LogP contribution in [0.1, 0.15) is 48.3 Å². The highest BCUT2D eigenvalue weighted by molar-refractivity contribution is 9.10. The van der Waals surface area contributed by atoms with Crippen LogP contribution in [0, 0.1) is 5.41 Å². The lowest BCUT2D eigenvalue weighted by molar-refractivity contribution is 0.0556. The molecule has 1 amide bonds. The molecule has 0 aliphatic carbocycles. The van der Waals surface area contributed by atoms with E-state index in [9.17, 15) is 4.79 Å². The fourth-order valence-corrected chi connectivity index (χ4v) is 4.93. The molecule has 166 valence electrons. The first kappa shape index (κ1) is 22.6. The van der Waals surface area contributed by atoms with Gasteiger partial charge in [-0.05, 0) is 73.8 Å². The molecule has 0 spiro atoms. The largest absolute Gasteiger partial charge is 0.350 e. The Morgan fingerprint density at radius 3 is 2.88 bits per heavy atom. The molecule has 0 radical (unpaired) electrons. The van der Waals surface area contributed by atoms with Crippen molar-refractivity contribution in [3.63, 3.8) is 0 Å². The second-order valence-corrected chi connectivity index (χ2v) is 10.1. The van der Waals surface area contributed by atoms with E-state index in [1.807, 2.05) is 48.6 Å². The maximum Gasteiger partial charge on any atom is 0.252 e. The number of fused-ring (bicyclic) bond motifs is 1. The number of amides is 1. The van der Waals surface area contributed by atoms with Crippen molar-refractivity contribution in [1.82, 2.24) is 20.2 Å². The molecule has 2 aromatic heterocycles. The van der Waals surface area contributed by atoms with Crippen LogP contribution >= 0.6 is 15.9 Å². The second-order valence-electron chi connectivity index (χ2n) is 9.17. The van der Waals surface area contributed by atoms with Gasteiger partial charge in [0.1, 0.15) is 0 Å². The van der Waals surface area contributed by atoms with Crippen molar-refractivity contribution in [3.8, 4) is 0 Å². The van der Waals surface area contributed by atoms with E-state index in [0.29, 0.717) is 18.2 Å². The van der Waals surface area contributed by atoms with E-state index in [4.69, 9.17) is 4.98 Å². The number of nitrogens with one attached hydrogen (secondary N) is 1. The van der Waals surface area contributed by atoms with Crippen LogP contribution in [0.4, 0.5) is 0 Å². The SMILES string of the molecule is CN1CCCC(C)(C)C1CNC(=O)c1cc(/C=C/c2cccnc2)nc2ccc(Br)cc12. The lowest BCUT2D eigenvalue weighted by atomic mass is 9.76. The number of likely N-dealkylation sites (N-methyl/N-ethyl adjacent to an activating group) is 1. The normalized spacial score (nSPS) is 18.8. The third-order valence-corrected chi connectivity index (χ3v) is 6.88. The number of nitrogens with zero attached hydrogens (tertiary/aromatic N) is 3. The number of carbonyl (C=O) groups is 1. The molecule has 0 bridgehead atoms. The van der Waals surface area contributed by atoms with Gasteiger partial charge in [0.15, 0.2) is 0 Å². The minimum atomic E-state index is -0.0682. The van der Waals surface area contributed by atoms with Crippen LogP contribution < -0.4 is 5.32 Å². The summed E-state index contributed by atoms with van der Waals surface area (Å²) in [6.45, 7) is 6.28. The highest BCUT2D eigenvalue weighted by Gasteiger charge is 2.35. The molecule has 1 aliphatic rings. The zero-order chi connectivity index (χ0) is 22.7. The van der Waals surface area contributed by atoms with Gasteiger partial charge in [0, 0.05) is 34.8 Å². The van der Waals surface area contributed by atoms with Crippen LogP contribution in [-0.4, -0.2) is 47.0 Å². The minimum Gasteiger partial charge on any atom is -0.350 e. The van der Waals surface area contributed by atoms with E-state index in [-0.39, 0.29) is 11.3 Å². The van der Waals surface area contributed by atoms with E-state index in [1.54, 1.807) is 12.4 Å². The molecule has 5 nitrogen and oxygen atoms in total. The Balaban J connectivity index is 1.63. The lowest BCUT2D eigenvalue weighted by Crippen LogP contribution is -2.53. The van der Waals surface area contributed by atoms with Gasteiger partial charge in [0.05, 0.1) is 16.8 Å². The lowest BCUT2D eigenvalue weighted by Gasteiger charge is -2.45. The number of rotatable bonds is 5. The Hall–Kier alpha value is -2.57. The average Bonchev–Trinajstić information content (AvgIpc) is 2.77. The van der Waals surface area contributed by atoms with Crippen LogP contribution in [0.25, 0.3) is 23.1 Å². The van der Waals surface area contributed by atoms with Crippen molar-refractivity contribution in [2.45, 2.75) is 32.7 Å². The van der Waals surface area contributed by atoms with Crippen molar-refractivity contribution in [1.29, 1.82) is 0 Å². The summed E-state index contributed by atoms with van der Waals surface area (Å²) in [5.74, 6) is -0.0682. The highest BCUT2D eigenvalue weighted by atomic mass is 79.9. The number of halogens is 1. The number of likely N-dealkylation sites (tertiary alicyclic amines) is 1. The van der Waals surface area contributed by atoms with Crippen molar-refractivity contribution in [3.05, 3.63) is 70.1 Å². The molecule has 1 aliphatic heterocycles. The minimum absolute atomic E-state index is 0.0682. The average molecular weight is 493 g/mol. The van der Waals surface area contributed by atoms with Crippen molar-refractivity contribution in [2.24, 2.45) is 5.41 Å². The van der Waals surface area contributed by atoms with Crippen molar-refractivity contribution < 1.29 is 4.79 Å². The summed E-state index contributed by atoms with van der Waals surface area (Å²) >= 11 is 3.53. The number of carbonyl (C=O) groups excluding carboxylic acids is 1. The standard InChI is InChI=1S/C26H29BrN4O/c1-26(2)11-5-13-31(3)24(26)17-29-25(32)22-15-20(9-7-18-6-4-12-28-16-18)30-23-10-8-19(27)14-21(22)23/h4,6-10,12,14-16,24H,5,11,13,17H2,1-3H3,(H,29,32)/b9-7+. The van der Waals surface area contributed by atoms with E-state index in [0.717, 1.165) is 33.2 Å². The number of piperidine rings is 1. The molecule has 32 heavy (non-hydrogen) atoms. The maximum atomic E-state index is 13.3. The maximum absolute atomic E-state index is 13.3. The van der Waals surface area contributed by atoms with Crippen LogP contribution in [-0.2, 0) is 0 Å². The molecule has 0 saturated carbocycles. The van der Waals surface area contributed by atoms with Gasteiger partial charge in [-0.25, -0.2) is 4.98 Å². The van der Waals surface area contributed by atoms with Crippen LogP contribution in [0.15, 0.2) is 53.3 Å². The summed E-state index contributed by atoms with van der Waals surface area (Å²) in [6.07, 6.45) is 9.80. The molecule has 1 fully saturated rings. The summed E-state index contributed by atoms with van der Waals surface area (Å²) in [7, 11) is 2.15. The van der Waals surface area contributed by atoms with Crippen LogP contribution in [0.5, 0.6) is 0 Å². The molecule has 4 rings (SSSR count). The molecule has 1 N–H and O–H groups in total. The summed E-state index contributed by atoms with van der Waals surface area (Å²) in [5, 5.41) is 4.05. The number of benzene rings is 1. The second kappa shape index (κ2) is 9.51. The van der Waals surface area contributed by atoms with E-state index >= 15 is 0 Å². The number of pyridine rings is 2. The Kier molecular flexibility index (Phi) is 6.72.